The van der Waals surface area contributed by atoms with Crippen molar-refractivity contribution in [1.29, 1.82) is 0 Å². The fourth-order valence-electron chi connectivity index (χ4n) is 2.07. The van der Waals surface area contributed by atoms with E-state index in [-0.39, 0.29) is 22.8 Å². The lowest BCUT2D eigenvalue weighted by atomic mass is 10.1. The van der Waals surface area contributed by atoms with Crippen molar-refractivity contribution in [3.05, 3.63) is 34.9 Å². The normalized spacial score (nSPS) is 12.0. The predicted molar refractivity (Wildman–Crippen MR) is 92.6 cm³/mol. The van der Waals surface area contributed by atoms with Gasteiger partial charge >= 0.3 is 5.97 Å². The number of halogens is 1. The van der Waals surface area contributed by atoms with E-state index in [9.17, 15) is 9.59 Å². The van der Waals surface area contributed by atoms with Crippen molar-refractivity contribution in [3.8, 4) is 0 Å². The first-order valence-corrected chi connectivity index (χ1v) is 8.94. The molecule has 0 aliphatic heterocycles. The summed E-state index contributed by atoms with van der Waals surface area (Å²) in [6.07, 6.45) is 4.33. The summed E-state index contributed by atoms with van der Waals surface area (Å²) >= 11 is 7.13. The number of hydrogen-bond acceptors (Lipinski definition) is 4. The number of unbranched alkanes of at least 4 members (excludes halogenated alkanes) is 2. The molecule has 0 aliphatic carbocycles. The van der Waals surface area contributed by atoms with Gasteiger partial charge < -0.3 is 4.74 Å². The van der Waals surface area contributed by atoms with Crippen LogP contribution in [0.15, 0.2) is 24.3 Å². The Bertz CT molecular complexity index is 491. The summed E-state index contributed by atoms with van der Waals surface area (Å²) in [4.78, 5) is 24.0. The molecule has 0 aromatic heterocycles. The highest BCUT2D eigenvalue weighted by atomic mass is 35.5. The summed E-state index contributed by atoms with van der Waals surface area (Å²) in [6.45, 7) is 4.28. The Morgan fingerprint density at radius 1 is 1.27 bits per heavy atom. The van der Waals surface area contributed by atoms with Gasteiger partial charge in [0.25, 0.3) is 0 Å². The molecule has 0 radical (unpaired) electrons. The highest BCUT2D eigenvalue weighted by Gasteiger charge is 2.20. The summed E-state index contributed by atoms with van der Waals surface area (Å²) in [5.41, 5.74) is 0.571. The number of rotatable bonds is 9. The Kier molecular flexibility index (Phi) is 9.25. The van der Waals surface area contributed by atoms with Gasteiger partial charge in [0.1, 0.15) is 0 Å². The van der Waals surface area contributed by atoms with E-state index in [0.717, 1.165) is 25.7 Å². The van der Waals surface area contributed by atoms with Gasteiger partial charge in [0.15, 0.2) is 0 Å². The lowest BCUT2D eigenvalue weighted by Gasteiger charge is -2.15. The fourth-order valence-corrected chi connectivity index (χ4v) is 3.33. The number of ether oxygens (including phenoxy) is 1. The molecule has 0 bridgehead atoms. The second-order valence-corrected chi connectivity index (χ2v) is 6.75. The summed E-state index contributed by atoms with van der Waals surface area (Å²) in [7, 11) is 0. The van der Waals surface area contributed by atoms with Crippen molar-refractivity contribution in [2.24, 2.45) is 0 Å². The minimum atomic E-state index is -0.240. The number of esters is 1. The molecule has 0 spiro atoms. The fraction of sp³-hybridized carbons (Fsp3) is 0.529. The summed E-state index contributed by atoms with van der Waals surface area (Å²) < 4.78 is 5.00. The van der Waals surface area contributed by atoms with Gasteiger partial charge in [-0.15, -0.1) is 0 Å². The van der Waals surface area contributed by atoms with Crippen LogP contribution in [0, 0.1) is 0 Å². The van der Waals surface area contributed by atoms with Crippen LogP contribution < -0.4 is 0 Å². The minimum Gasteiger partial charge on any atom is -0.466 e. The van der Waals surface area contributed by atoms with E-state index in [1.165, 1.54) is 11.8 Å². The molecule has 0 amide bonds. The van der Waals surface area contributed by atoms with Gasteiger partial charge in [-0.3, -0.25) is 9.59 Å². The lowest BCUT2D eigenvalue weighted by Crippen LogP contribution is -2.15. The Labute approximate surface area is 141 Å². The SMILES string of the molecule is CCCCCC(CC(=O)OCC)SC(=O)c1cccc(Cl)c1. The van der Waals surface area contributed by atoms with Crippen LogP contribution in [0.5, 0.6) is 0 Å². The van der Waals surface area contributed by atoms with E-state index in [1.54, 1.807) is 31.2 Å². The van der Waals surface area contributed by atoms with Crippen LogP contribution in [0.3, 0.4) is 0 Å². The smallest absolute Gasteiger partial charge is 0.306 e. The molecule has 0 heterocycles. The summed E-state index contributed by atoms with van der Waals surface area (Å²) in [5.74, 6) is -0.240. The van der Waals surface area contributed by atoms with Crippen LogP contribution in [0.1, 0.15) is 56.3 Å². The van der Waals surface area contributed by atoms with Gasteiger partial charge in [0, 0.05) is 15.8 Å². The van der Waals surface area contributed by atoms with Crippen LogP contribution in [0.4, 0.5) is 0 Å². The standard InChI is InChI=1S/C17H23ClO3S/c1-3-5-6-10-15(12-16(19)21-4-2)22-17(20)13-8-7-9-14(18)11-13/h7-9,11,15H,3-6,10,12H2,1-2H3. The zero-order valence-corrected chi connectivity index (χ0v) is 14.7. The van der Waals surface area contributed by atoms with Crippen LogP contribution >= 0.6 is 23.4 Å². The van der Waals surface area contributed by atoms with Crippen LogP contribution in [-0.4, -0.2) is 22.9 Å². The van der Waals surface area contributed by atoms with E-state index in [1.807, 2.05) is 0 Å². The highest BCUT2D eigenvalue weighted by Crippen LogP contribution is 2.26. The molecular weight excluding hydrogens is 320 g/mol. The van der Waals surface area contributed by atoms with Crippen molar-refractivity contribution < 1.29 is 14.3 Å². The number of thioether (sulfide) groups is 1. The summed E-state index contributed by atoms with van der Waals surface area (Å²) in [5, 5.41) is 0.449. The molecular formula is C17H23ClO3S. The number of carbonyl (C=O) groups excluding carboxylic acids is 2. The second kappa shape index (κ2) is 10.7. The maximum atomic E-state index is 12.3. The average molecular weight is 343 g/mol. The average Bonchev–Trinajstić information content (AvgIpc) is 2.47. The third kappa shape index (κ3) is 7.32. The van der Waals surface area contributed by atoms with E-state index < -0.39 is 0 Å². The maximum absolute atomic E-state index is 12.3. The summed E-state index contributed by atoms with van der Waals surface area (Å²) in [6, 6.07) is 6.90. The Balaban J connectivity index is 2.65. The highest BCUT2D eigenvalue weighted by molar-refractivity contribution is 8.14. The molecule has 5 heteroatoms. The largest absolute Gasteiger partial charge is 0.466 e. The molecule has 0 N–H and O–H groups in total. The van der Waals surface area contributed by atoms with Crippen molar-refractivity contribution in [3.63, 3.8) is 0 Å². The molecule has 1 rings (SSSR count). The van der Waals surface area contributed by atoms with Crippen LogP contribution in [0.25, 0.3) is 0 Å². The van der Waals surface area contributed by atoms with Crippen molar-refractivity contribution in [1.82, 2.24) is 0 Å². The van der Waals surface area contributed by atoms with Gasteiger partial charge in [0.2, 0.25) is 5.12 Å². The molecule has 3 nitrogen and oxygen atoms in total. The van der Waals surface area contributed by atoms with Crippen LogP contribution in [0.2, 0.25) is 5.02 Å². The zero-order chi connectivity index (χ0) is 16.4. The molecule has 1 aromatic rings. The Morgan fingerprint density at radius 3 is 2.68 bits per heavy atom. The molecule has 1 unspecified atom stereocenters. The predicted octanol–water partition coefficient (Wildman–Crippen LogP) is 5.12. The Morgan fingerprint density at radius 2 is 2.05 bits per heavy atom. The topological polar surface area (TPSA) is 43.4 Å². The molecule has 0 saturated heterocycles. The molecule has 122 valence electrons. The number of benzene rings is 1. The van der Waals surface area contributed by atoms with Crippen molar-refractivity contribution in [2.75, 3.05) is 6.61 Å². The van der Waals surface area contributed by atoms with Gasteiger partial charge in [0.05, 0.1) is 13.0 Å². The van der Waals surface area contributed by atoms with E-state index in [0.29, 0.717) is 17.2 Å². The molecule has 22 heavy (non-hydrogen) atoms. The molecule has 1 aromatic carbocycles. The van der Waals surface area contributed by atoms with Crippen molar-refractivity contribution in [2.45, 2.75) is 51.2 Å². The van der Waals surface area contributed by atoms with Gasteiger partial charge in [-0.2, -0.15) is 0 Å². The lowest BCUT2D eigenvalue weighted by molar-refractivity contribution is -0.143. The number of carbonyl (C=O) groups is 2. The molecule has 1 atom stereocenters. The minimum absolute atomic E-state index is 0.0444. The quantitative estimate of drug-likeness (QED) is 0.461. The van der Waals surface area contributed by atoms with Crippen LogP contribution in [-0.2, 0) is 9.53 Å². The number of hydrogen-bond donors (Lipinski definition) is 0. The van der Waals surface area contributed by atoms with E-state index in [4.69, 9.17) is 16.3 Å². The van der Waals surface area contributed by atoms with Crippen molar-refractivity contribution >= 4 is 34.4 Å². The maximum Gasteiger partial charge on any atom is 0.306 e. The van der Waals surface area contributed by atoms with E-state index in [2.05, 4.69) is 6.92 Å². The molecule has 0 saturated carbocycles. The third-order valence-corrected chi connectivity index (χ3v) is 4.58. The van der Waals surface area contributed by atoms with Gasteiger partial charge in [-0.05, 0) is 25.5 Å². The van der Waals surface area contributed by atoms with E-state index >= 15 is 0 Å². The molecule has 0 fully saturated rings. The third-order valence-electron chi connectivity index (χ3n) is 3.16. The first-order chi connectivity index (χ1) is 10.6. The van der Waals surface area contributed by atoms with Gasteiger partial charge in [-0.25, -0.2) is 0 Å². The monoisotopic (exact) mass is 342 g/mol. The second-order valence-electron chi connectivity index (χ2n) is 5.04. The molecule has 0 aliphatic rings. The zero-order valence-electron chi connectivity index (χ0n) is 13.1. The Hall–Kier alpha value is -1.00. The first-order valence-electron chi connectivity index (χ1n) is 7.69. The van der Waals surface area contributed by atoms with Gasteiger partial charge in [-0.1, -0.05) is 61.7 Å². The first kappa shape index (κ1) is 19.0.